The minimum absolute atomic E-state index is 0.0895. The van der Waals surface area contributed by atoms with Crippen LogP contribution >= 0.6 is 31.9 Å². The molecular formula is C11H16Br2N2O3S. The zero-order chi connectivity index (χ0) is 14.8. The molecule has 8 heteroatoms. The number of aliphatic hydroxyl groups is 1. The second-order valence-electron chi connectivity index (χ2n) is 4.38. The van der Waals surface area contributed by atoms with E-state index in [0.29, 0.717) is 14.6 Å². The summed E-state index contributed by atoms with van der Waals surface area (Å²) in [5.74, 6) is -0.180. The maximum Gasteiger partial charge on any atom is 0.243 e. The van der Waals surface area contributed by atoms with Crippen LogP contribution in [0.2, 0.25) is 0 Å². The van der Waals surface area contributed by atoms with Gasteiger partial charge in [0.05, 0.1) is 0 Å². The number of sulfonamides is 1. The third kappa shape index (κ3) is 4.16. The molecule has 0 aliphatic carbocycles. The highest BCUT2D eigenvalue weighted by Gasteiger charge is 2.25. The molecule has 0 spiro atoms. The molecular weight excluding hydrogens is 400 g/mol. The predicted octanol–water partition coefficient (Wildman–Crippen LogP) is 2.09. The number of nitrogens with two attached hydrogens (primary N) is 1. The minimum Gasteiger partial charge on any atom is -0.399 e. The van der Waals surface area contributed by atoms with Crippen molar-refractivity contribution in [1.82, 2.24) is 4.72 Å². The summed E-state index contributed by atoms with van der Waals surface area (Å²) in [5, 5.41) is 9.05. The second kappa shape index (κ2) is 6.53. The lowest BCUT2D eigenvalue weighted by molar-refractivity contribution is 0.216. The second-order valence-corrected chi connectivity index (χ2v) is 7.74. The molecule has 1 aromatic carbocycles. The van der Waals surface area contributed by atoms with Gasteiger partial charge >= 0.3 is 0 Å². The molecule has 4 N–H and O–H groups in total. The van der Waals surface area contributed by atoms with Crippen molar-refractivity contribution >= 4 is 47.6 Å². The summed E-state index contributed by atoms with van der Waals surface area (Å²) in [6, 6.07) is 2.67. The van der Waals surface area contributed by atoms with Crippen LogP contribution in [-0.2, 0) is 10.0 Å². The number of rotatable bonds is 5. The summed E-state index contributed by atoms with van der Waals surface area (Å²) in [6.45, 7) is 3.38. The average Bonchev–Trinajstić information content (AvgIpc) is 2.24. The lowest BCUT2D eigenvalue weighted by Gasteiger charge is -2.20. The average molecular weight is 416 g/mol. The van der Waals surface area contributed by atoms with Crippen LogP contribution < -0.4 is 10.5 Å². The van der Waals surface area contributed by atoms with Crippen LogP contribution in [0.3, 0.4) is 0 Å². The van der Waals surface area contributed by atoms with E-state index >= 15 is 0 Å². The molecule has 2 unspecified atom stereocenters. The molecule has 0 saturated carbocycles. The van der Waals surface area contributed by atoms with Gasteiger partial charge in [-0.3, -0.25) is 0 Å². The number of nitrogens with one attached hydrogen (secondary N) is 1. The van der Waals surface area contributed by atoms with Gasteiger partial charge in [-0.1, -0.05) is 6.92 Å². The normalized spacial score (nSPS) is 15.2. The van der Waals surface area contributed by atoms with E-state index in [2.05, 4.69) is 36.6 Å². The molecule has 0 aliphatic heterocycles. The van der Waals surface area contributed by atoms with Gasteiger partial charge in [0.1, 0.15) is 4.90 Å². The van der Waals surface area contributed by atoms with Gasteiger partial charge in [0, 0.05) is 27.3 Å². The van der Waals surface area contributed by atoms with E-state index in [1.807, 2.05) is 0 Å². The summed E-state index contributed by atoms with van der Waals surface area (Å²) in [5.41, 5.74) is 6.09. The Morgan fingerprint density at radius 1 is 1.32 bits per heavy atom. The Kier molecular flexibility index (Phi) is 5.81. The van der Waals surface area contributed by atoms with Crippen LogP contribution in [0.15, 0.2) is 26.0 Å². The zero-order valence-electron chi connectivity index (χ0n) is 10.5. The Morgan fingerprint density at radius 2 is 1.79 bits per heavy atom. The van der Waals surface area contributed by atoms with Crippen molar-refractivity contribution < 1.29 is 13.5 Å². The zero-order valence-corrected chi connectivity index (χ0v) is 14.5. The van der Waals surface area contributed by atoms with E-state index in [4.69, 9.17) is 10.8 Å². The number of hydrogen-bond donors (Lipinski definition) is 3. The first-order chi connectivity index (χ1) is 8.69. The molecule has 2 atom stereocenters. The van der Waals surface area contributed by atoms with Gasteiger partial charge in [-0.05, 0) is 56.8 Å². The van der Waals surface area contributed by atoms with Crippen LogP contribution in [0.25, 0.3) is 0 Å². The SMILES string of the molecule is CC(CO)C(C)NS(=O)(=O)c1c(Br)cc(N)cc1Br. The lowest BCUT2D eigenvalue weighted by atomic mass is 10.1. The van der Waals surface area contributed by atoms with E-state index in [-0.39, 0.29) is 23.5 Å². The van der Waals surface area contributed by atoms with Crippen molar-refractivity contribution in [3.63, 3.8) is 0 Å². The number of halogens is 2. The monoisotopic (exact) mass is 414 g/mol. The Bertz CT molecular complexity index is 540. The Labute approximate surface area is 129 Å². The van der Waals surface area contributed by atoms with E-state index in [1.54, 1.807) is 13.8 Å². The maximum atomic E-state index is 12.3. The van der Waals surface area contributed by atoms with Crippen LogP contribution in [-0.4, -0.2) is 26.2 Å². The quantitative estimate of drug-likeness (QED) is 0.642. The van der Waals surface area contributed by atoms with Crippen molar-refractivity contribution in [2.75, 3.05) is 12.3 Å². The van der Waals surface area contributed by atoms with Gasteiger partial charge in [-0.2, -0.15) is 0 Å². The summed E-state index contributed by atoms with van der Waals surface area (Å²) in [7, 11) is -3.70. The lowest BCUT2D eigenvalue weighted by Crippen LogP contribution is -2.38. The van der Waals surface area contributed by atoms with Crippen molar-refractivity contribution in [2.24, 2.45) is 5.92 Å². The first-order valence-electron chi connectivity index (χ1n) is 5.56. The van der Waals surface area contributed by atoms with Crippen LogP contribution in [0.1, 0.15) is 13.8 Å². The predicted molar refractivity (Wildman–Crippen MR) is 82.3 cm³/mol. The number of aliphatic hydroxyl groups excluding tert-OH is 1. The van der Waals surface area contributed by atoms with Gasteiger partial charge < -0.3 is 10.8 Å². The first kappa shape index (κ1) is 16.9. The summed E-state index contributed by atoms with van der Waals surface area (Å²) >= 11 is 6.40. The fourth-order valence-electron chi connectivity index (χ4n) is 1.41. The van der Waals surface area contributed by atoms with Crippen molar-refractivity contribution in [3.05, 3.63) is 21.1 Å². The van der Waals surface area contributed by atoms with Gasteiger partial charge in [0.15, 0.2) is 0 Å². The molecule has 0 aliphatic rings. The molecule has 0 bridgehead atoms. The minimum atomic E-state index is -3.70. The van der Waals surface area contributed by atoms with Gasteiger partial charge in [-0.15, -0.1) is 0 Å². The number of benzene rings is 1. The Morgan fingerprint density at radius 3 is 2.21 bits per heavy atom. The fraction of sp³-hybridized carbons (Fsp3) is 0.455. The van der Waals surface area contributed by atoms with Crippen molar-refractivity contribution in [3.8, 4) is 0 Å². The van der Waals surface area contributed by atoms with Crippen molar-refractivity contribution in [1.29, 1.82) is 0 Å². The molecule has 0 aromatic heterocycles. The highest BCUT2D eigenvalue weighted by molar-refractivity contribution is 9.11. The molecule has 0 saturated heterocycles. The van der Waals surface area contributed by atoms with E-state index in [9.17, 15) is 8.42 Å². The molecule has 1 aromatic rings. The fourth-order valence-corrected chi connectivity index (χ4v) is 5.39. The summed E-state index contributed by atoms with van der Waals surface area (Å²) in [4.78, 5) is 0.0960. The van der Waals surface area contributed by atoms with Gasteiger partial charge in [0.2, 0.25) is 10.0 Å². The standard InChI is InChI=1S/C11H16Br2N2O3S/c1-6(5-16)7(2)15-19(17,18)11-9(12)3-8(14)4-10(11)13/h3-4,6-7,15-16H,5,14H2,1-2H3. The van der Waals surface area contributed by atoms with E-state index < -0.39 is 10.0 Å². The molecule has 1 rings (SSSR count). The van der Waals surface area contributed by atoms with Gasteiger partial charge in [0.25, 0.3) is 0 Å². The van der Waals surface area contributed by atoms with Gasteiger partial charge in [-0.25, -0.2) is 13.1 Å². The first-order valence-corrected chi connectivity index (χ1v) is 8.63. The molecule has 5 nitrogen and oxygen atoms in total. The Balaban J connectivity index is 3.15. The third-order valence-corrected chi connectivity index (χ3v) is 6.21. The molecule has 0 amide bonds. The summed E-state index contributed by atoms with van der Waals surface area (Å²) < 4.78 is 28.0. The number of anilines is 1. The van der Waals surface area contributed by atoms with Crippen molar-refractivity contribution in [2.45, 2.75) is 24.8 Å². The van der Waals surface area contributed by atoms with Crippen LogP contribution in [0.5, 0.6) is 0 Å². The van der Waals surface area contributed by atoms with E-state index in [1.165, 1.54) is 12.1 Å². The number of hydrogen-bond acceptors (Lipinski definition) is 4. The molecule has 0 fully saturated rings. The largest absolute Gasteiger partial charge is 0.399 e. The maximum absolute atomic E-state index is 12.3. The topological polar surface area (TPSA) is 92.4 Å². The molecule has 0 radical (unpaired) electrons. The molecule has 0 heterocycles. The van der Waals surface area contributed by atoms with E-state index in [0.717, 1.165) is 0 Å². The molecule has 108 valence electrons. The third-order valence-electron chi connectivity index (χ3n) is 2.77. The smallest absolute Gasteiger partial charge is 0.243 e. The Hall–Kier alpha value is -0.150. The molecule has 19 heavy (non-hydrogen) atoms. The summed E-state index contributed by atoms with van der Waals surface area (Å²) in [6.07, 6.45) is 0. The highest BCUT2D eigenvalue weighted by Crippen LogP contribution is 2.32. The van der Waals surface area contributed by atoms with Crippen LogP contribution in [0, 0.1) is 5.92 Å². The number of nitrogen functional groups attached to an aromatic ring is 1. The van der Waals surface area contributed by atoms with Crippen LogP contribution in [0.4, 0.5) is 5.69 Å². The highest BCUT2D eigenvalue weighted by atomic mass is 79.9.